The summed E-state index contributed by atoms with van der Waals surface area (Å²) in [5.74, 6) is -0.128. The van der Waals surface area contributed by atoms with Crippen LogP contribution in [-0.4, -0.2) is 19.3 Å². The molecule has 1 saturated carbocycles. The summed E-state index contributed by atoms with van der Waals surface area (Å²) in [6.45, 7) is 4.05. The zero-order valence-electron chi connectivity index (χ0n) is 11.0. The van der Waals surface area contributed by atoms with E-state index in [1.807, 2.05) is 12.1 Å². The van der Waals surface area contributed by atoms with Crippen LogP contribution < -0.4 is 5.32 Å². The Bertz CT molecular complexity index is 375. The molecule has 0 bridgehead atoms. The Balaban J connectivity index is 1.61. The fourth-order valence-electron chi connectivity index (χ4n) is 2.33. The first kappa shape index (κ1) is 13.5. The standard InChI is InChI=1S/C15H22FNO/c1-12-6-7-13(10-15(12)16)11-17-8-9-18-14-4-2-3-5-14/h6-7,10,14,17H,2-5,8-9,11H2,1H3. The van der Waals surface area contributed by atoms with Crippen LogP contribution in [0.25, 0.3) is 0 Å². The molecular formula is C15H22FNO. The van der Waals surface area contributed by atoms with E-state index < -0.39 is 0 Å². The molecule has 1 aromatic carbocycles. The Hall–Kier alpha value is -0.930. The van der Waals surface area contributed by atoms with Crippen LogP contribution in [-0.2, 0) is 11.3 Å². The van der Waals surface area contributed by atoms with Gasteiger partial charge in [0.05, 0.1) is 12.7 Å². The zero-order chi connectivity index (χ0) is 12.8. The number of nitrogens with one attached hydrogen (secondary N) is 1. The summed E-state index contributed by atoms with van der Waals surface area (Å²) in [6.07, 6.45) is 5.51. The SMILES string of the molecule is Cc1ccc(CNCCOC2CCCC2)cc1F. The molecule has 100 valence electrons. The van der Waals surface area contributed by atoms with Crippen LogP contribution in [0.1, 0.15) is 36.8 Å². The van der Waals surface area contributed by atoms with Crippen molar-refractivity contribution in [3.05, 3.63) is 35.1 Å². The van der Waals surface area contributed by atoms with Gasteiger partial charge < -0.3 is 10.1 Å². The van der Waals surface area contributed by atoms with Crippen molar-refractivity contribution < 1.29 is 9.13 Å². The van der Waals surface area contributed by atoms with E-state index in [9.17, 15) is 4.39 Å². The molecule has 0 atom stereocenters. The van der Waals surface area contributed by atoms with E-state index in [2.05, 4.69) is 5.32 Å². The van der Waals surface area contributed by atoms with E-state index in [0.29, 0.717) is 18.2 Å². The average Bonchev–Trinajstić information content (AvgIpc) is 2.86. The van der Waals surface area contributed by atoms with Gasteiger partial charge in [-0.25, -0.2) is 4.39 Å². The van der Waals surface area contributed by atoms with Crippen molar-refractivity contribution in [3.63, 3.8) is 0 Å². The number of halogens is 1. The molecular weight excluding hydrogens is 229 g/mol. The Labute approximate surface area is 109 Å². The highest BCUT2D eigenvalue weighted by Gasteiger charge is 2.14. The van der Waals surface area contributed by atoms with Crippen molar-refractivity contribution in [3.8, 4) is 0 Å². The molecule has 1 fully saturated rings. The smallest absolute Gasteiger partial charge is 0.126 e. The molecule has 1 aliphatic rings. The molecule has 1 aliphatic carbocycles. The lowest BCUT2D eigenvalue weighted by atomic mass is 10.1. The summed E-state index contributed by atoms with van der Waals surface area (Å²) >= 11 is 0. The van der Waals surface area contributed by atoms with Gasteiger partial charge in [0.2, 0.25) is 0 Å². The van der Waals surface area contributed by atoms with E-state index in [0.717, 1.165) is 18.7 Å². The molecule has 0 unspecified atom stereocenters. The molecule has 18 heavy (non-hydrogen) atoms. The zero-order valence-corrected chi connectivity index (χ0v) is 11.0. The van der Waals surface area contributed by atoms with Crippen molar-refractivity contribution in [2.24, 2.45) is 0 Å². The van der Waals surface area contributed by atoms with Gasteiger partial charge in [-0.3, -0.25) is 0 Å². The molecule has 3 heteroatoms. The number of ether oxygens (including phenoxy) is 1. The van der Waals surface area contributed by atoms with E-state index in [1.165, 1.54) is 25.7 Å². The minimum Gasteiger partial charge on any atom is -0.377 e. The van der Waals surface area contributed by atoms with Crippen LogP contribution >= 0.6 is 0 Å². The summed E-state index contributed by atoms with van der Waals surface area (Å²) in [6, 6.07) is 5.38. The van der Waals surface area contributed by atoms with Crippen molar-refractivity contribution in [2.45, 2.75) is 45.3 Å². The number of hydrogen-bond acceptors (Lipinski definition) is 2. The van der Waals surface area contributed by atoms with Crippen LogP contribution in [0.5, 0.6) is 0 Å². The summed E-state index contributed by atoms with van der Waals surface area (Å²) in [4.78, 5) is 0. The maximum absolute atomic E-state index is 13.3. The second kappa shape index (κ2) is 6.86. The second-order valence-electron chi connectivity index (χ2n) is 5.04. The highest BCUT2D eigenvalue weighted by atomic mass is 19.1. The van der Waals surface area contributed by atoms with E-state index in [4.69, 9.17) is 4.74 Å². The van der Waals surface area contributed by atoms with Crippen LogP contribution in [0.3, 0.4) is 0 Å². The molecule has 2 rings (SSSR count). The Morgan fingerprint density at radius 1 is 1.33 bits per heavy atom. The Kier molecular flexibility index (Phi) is 5.14. The third-order valence-corrected chi connectivity index (χ3v) is 3.50. The summed E-state index contributed by atoms with van der Waals surface area (Å²) in [5.41, 5.74) is 1.68. The number of aryl methyl sites for hydroxylation is 1. The predicted octanol–water partition coefficient (Wildman–Crippen LogP) is 3.18. The molecule has 0 spiro atoms. The molecule has 0 amide bonds. The van der Waals surface area contributed by atoms with Crippen LogP contribution in [0.15, 0.2) is 18.2 Å². The van der Waals surface area contributed by atoms with Gasteiger partial charge in [0.1, 0.15) is 5.82 Å². The first-order valence-corrected chi connectivity index (χ1v) is 6.83. The molecule has 0 saturated heterocycles. The third-order valence-electron chi connectivity index (χ3n) is 3.50. The van der Waals surface area contributed by atoms with Gasteiger partial charge in [0, 0.05) is 13.1 Å². The van der Waals surface area contributed by atoms with Crippen LogP contribution in [0, 0.1) is 12.7 Å². The fraction of sp³-hybridized carbons (Fsp3) is 0.600. The average molecular weight is 251 g/mol. The van der Waals surface area contributed by atoms with Crippen molar-refractivity contribution in [2.75, 3.05) is 13.2 Å². The molecule has 0 radical (unpaired) electrons. The monoisotopic (exact) mass is 251 g/mol. The van der Waals surface area contributed by atoms with E-state index >= 15 is 0 Å². The van der Waals surface area contributed by atoms with Crippen LogP contribution in [0.4, 0.5) is 4.39 Å². The van der Waals surface area contributed by atoms with E-state index in [1.54, 1.807) is 13.0 Å². The Morgan fingerprint density at radius 2 is 2.11 bits per heavy atom. The summed E-state index contributed by atoms with van der Waals surface area (Å²) < 4.78 is 19.1. The number of hydrogen-bond donors (Lipinski definition) is 1. The topological polar surface area (TPSA) is 21.3 Å². The van der Waals surface area contributed by atoms with Crippen molar-refractivity contribution in [1.82, 2.24) is 5.32 Å². The second-order valence-corrected chi connectivity index (χ2v) is 5.04. The quantitative estimate of drug-likeness (QED) is 0.784. The minimum absolute atomic E-state index is 0.128. The molecule has 1 N–H and O–H groups in total. The molecule has 0 heterocycles. The molecule has 1 aromatic rings. The molecule has 0 aliphatic heterocycles. The van der Waals surface area contributed by atoms with Gasteiger partial charge in [-0.15, -0.1) is 0 Å². The van der Waals surface area contributed by atoms with Gasteiger partial charge in [-0.05, 0) is 37.0 Å². The summed E-state index contributed by atoms with van der Waals surface area (Å²) in [7, 11) is 0. The van der Waals surface area contributed by atoms with Gasteiger partial charge in [-0.2, -0.15) is 0 Å². The first-order chi connectivity index (χ1) is 8.75. The van der Waals surface area contributed by atoms with Crippen molar-refractivity contribution in [1.29, 1.82) is 0 Å². The number of benzene rings is 1. The van der Waals surface area contributed by atoms with Gasteiger partial charge in [-0.1, -0.05) is 25.0 Å². The van der Waals surface area contributed by atoms with Crippen molar-refractivity contribution >= 4 is 0 Å². The largest absolute Gasteiger partial charge is 0.377 e. The fourth-order valence-corrected chi connectivity index (χ4v) is 2.33. The molecule has 2 nitrogen and oxygen atoms in total. The maximum atomic E-state index is 13.3. The lowest BCUT2D eigenvalue weighted by molar-refractivity contribution is 0.0602. The highest BCUT2D eigenvalue weighted by molar-refractivity contribution is 5.23. The number of rotatable bonds is 6. The van der Waals surface area contributed by atoms with Gasteiger partial charge >= 0.3 is 0 Å². The maximum Gasteiger partial charge on any atom is 0.126 e. The van der Waals surface area contributed by atoms with Gasteiger partial charge in [0.15, 0.2) is 0 Å². The third kappa shape index (κ3) is 4.07. The lowest BCUT2D eigenvalue weighted by Crippen LogP contribution is -2.21. The van der Waals surface area contributed by atoms with Gasteiger partial charge in [0.25, 0.3) is 0 Å². The predicted molar refractivity (Wildman–Crippen MR) is 71.1 cm³/mol. The highest BCUT2D eigenvalue weighted by Crippen LogP contribution is 2.20. The van der Waals surface area contributed by atoms with E-state index in [-0.39, 0.29) is 5.82 Å². The first-order valence-electron chi connectivity index (χ1n) is 6.83. The normalized spacial score (nSPS) is 16.3. The summed E-state index contributed by atoms with van der Waals surface area (Å²) in [5, 5.41) is 3.28. The Morgan fingerprint density at radius 3 is 2.83 bits per heavy atom. The minimum atomic E-state index is -0.128. The van der Waals surface area contributed by atoms with Crippen LogP contribution in [0.2, 0.25) is 0 Å². The lowest BCUT2D eigenvalue weighted by Gasteiger charge is -2.11. The molecule has 0 aromatic heterocycles.